The van der Waals surface area contributed by atoms with Gasteiger partial charge in [0, 0.05) is 45.1 Å². The Morgan fingerprint density at radius 2 is 1.96 bits per heavy atom. The minimum Gasteiger partial charge on any atom is -0.494 e. The van der Waals surface area contributed by atoms with Crippen LogP contribution < -0.4 is 15.4 Å². The Morgan fingerprint density at radius 3 is 2.71 bits per heavy atom. The molecule has 0 spiro atoms. The van der Waals surface area contributed by atoms with Crippen LogP contribution in [0.3, 0.4) is 0 Å². The van der Waals surface area contributed by atoms with E-state index in [1.54, 1.807) is 0 Å². The van der Waals surface area contributed by atoms with Gasteiger partial charge in [0.25, 0.3) is 0 Å². The molecule has 1 fully saturated rings. The highest BCUT2D eigenvalue weighted by atomic mass is 127. The monoisotopic (exact) mass is 505 g/mol. The molecule has 2 rings (SSSR count). The average molecular weight is 505 g/mol. The first kappa shape index (κ1) is 25.0. The van der Waals surface area contributed by atoms with Crippen molar-refractivity contribution in [2.45, 2.75) is 39.7 Å². The van der Waals surface area contributed by atoms with Crippen LogP contribution in [0.15, 0.2) is 29.3 Å². The third-order valence-electron chi connectivity index (χ3n) is 4.48. The highest BCUT2D eigenvalue weighted by molar-refractivity contribution is 14.0. The highest BCUT2D eigenvalue weighted by Crippen LogP contribution is 2.18. The van der Waals surface area contributed by atoms with Crippen molar-refractivity contribution in [2.75, 3.05) is 46.1 Å². The number of hydrogen-bond acceptors (Lipinski definition) is 4. The van der Waals surface area contributed by atoms with Crippen molar-refractivity contribution in [3.63, 3.8) is 0 Å². The lowest BCUT2D eigenvalue weighted by Gasteiger charge is -2.21. The van der Waals surface area contributed by atoms with Crippen molar-refractivity contribution in [3.05, 3.63) is 29.8 Å². The van der Waals surface area contributed by atoms with Crippen molar-refractivity contribution in [1.82, 2.24) is 10.6 Å². The molecule has 0 atom stereocenters. The zero-order chi connectivity index (χ0) is 19.2. The molecule has 0 amide bonds. The zero-order valence-corrected chi connectivity index (χ0v) is 19.6. The average Bonchev–Trinajstić information content (AvgIpc) is 2.70. The Hall–Kier alpha value is -1.06. The second-order valence-electron chi connectivity index (χ2n) is 6.65. The van der Waals surface area contributed by atoms with Crippen molar-refractivity contribution < 1.29 is 14.2 Å². The van der Waals surface area contributed by atoms with Gasteiger partial charge in [-0.25, -0.2) is 4.99 Å². The number of hydrogen-bond donors (Lipinski definition) is 2. The normalized spacial score (nSPS) is 15.0. The number of benzene rings is 1. The Kier molecular flexibility index (Phi) is 14.1. The van der Waals surface area contributed by atoms with Gasteiger partial charge in [0.15, 0.2) is 5.96 Å². The number of rotatable bonds is 11. The maximum atomic E-state index is 5.81. The lowest BCUT2D eigenvalue weighted by molar-refractivity contribution is 0.0203. The van der Waals surface area contributed by atoms with Crippen LogP contribution >= 0.6 is 24.0 Å². The molecule has 6 nitrogen and oxygen atoms in total. The molecule has 0 aromatic heterocycles. The molecular formula is C21H36IN3O3. The molecular weight excluding hydrogens is 469 g/mol. The highest BCUT2D eigenvalue weighted by Gasteiger charge is 2.13. The van der Waals surface area contributed by atoms with Gasteiger partial charge in [-0.2, -0.15) is 0 Å². The first-order valence-corrected chi connectivity index (χ1v) is 10.2. The number of para-hydroxylation sites is 1. The van der Waals surface area contributed by atoms with Crippen LogP contribution in [-0.2, 0) is 16.0 Å². The topological polar surface area (TPSA) is 64.1 Å². The summed E-state index contributed by atoms with van der Waals surface area (Å²) in [4.78, 5) is 4.68. The predicted molar refractivity (Wildman–Crippen MR) is 125 cm³/mol. The fourth-order valence-electron chi connectivity index (χ4n) is 2.98. The molecule has 0 radical (unpaired) electrons. The van der Waals surface area contributed by atoms with Crippen LogP contribution in [0.4, 0.5) is 0 Å². The molecule has 1 aromatic carbocycles. The summed E-state index contributed by atoms with van der Waals surface area (Å²) >= 11 is 0. The van der Waals surface area contributed by atoms with Gasteiger partial charge in [-0.15, -0.1) is 24.0 Å². The van der Waals surface area contributed by atoms with E-state index in [9.17, 15) is 0 Å². The van der Waals surface area contributed by atoms with E-state index in [-0.39, 0.29) is 24.0 Å². The standard InChI is InChI=1S/C21H35N3O3.HI/c1-3-22-21(24-16-19-8-5-6-9-20(19)27-4-2)23-12-7-13-26-17-18-10-14-25-15-11-18;/h5-6,8-9,18H,3-4,7,10-17H2,1-2H3,(H2,22,23,24);1H. The van der Waals surface area contributed by atoms with Crippen molar-refractivity contribution in [2.24, 2.45) is 10.9 Å². The Bertz CT molecular complexity index is 551. The summed E-state index contributed by atoms with van der Waals surface area (Å²) in [6, 6.07) is 8.05. The number of aliphatic imine (C=N–C) groups is 1. The molecule has 1 saturated heterocycles. The first-order chi connectivity index (χ1) is 13.3. The lowest BCUT2D eigenvalue weighted by atomic mass is 10.0. The van der Waals surface area contributed by atoms with E-state index in [1.807, 2.05) is 25.1 Å². The van der Waals surface area contributed by atoms with E-state index >= 15 is 0 Å². The smallest absolute Gasteiger partial charge is 0.191 e. The molecule has 0 saturated carbocycles. The van der Waals surface area contributed by atoms with Gasteiger partial charge in [-0.1, -0.05) is 18.2 Å². The third-order valence-corrected chi connectivity index (χ3v) is 4.48. The predicted octanol–water partition coefficient (Wildman–Crippen LogP) is 3.59. The largest absolute Gasteiger partial charge is 0.494 e. The van der Waals surface area contributed by atoms with Crippen molar-refractivity contribution in [3.8, 4) is 5.75 Å². The minimum atomic E-state index is 0. The summed E-state index contributed by atoms with van der Waals surface area (Å²) in [7, 11) is 0. The quantitative estimate of drug-likeness (QED) is 0.208. The summed E-state index contributed by atoms with van der Waals surface area (Å²) in [5.74, 6) is 2.39. The Labute approximate surface area is 186 Å². The van der Waals surface area contributed by atoms with E-state index in [0.29, 0.717) is 19.1 Å². The van der Waals surface area contributed by atoms with Crippen LogP contribution in [0.5, 0.6) is 5.75 Å². The van der Waals surface area contributed by atoms with E-state index in [2.05, 4.69) is 28.6 Å². The molecule has 1 aromatic rings. The van der Waals surface area contributed by atoms with Crippen molar-refractivity contribution >= 4 is 29.9 Å². The van der Waals surface area contributed by atoms with E-state index < -0.39 is 0 Å². The van der Waals surface area contributed by atoms with Crippen LogP contribution in [0.1, 0.15) is 38.7 Å². The molecule has 1 aliphatic heterocycles. The summed E-state index contributed by atoms with van der Waals surface area (Å²) in [5.41, 5.74) is 1.09. The Balaban J connectivity index is 0.00000392. The van der Waals surface area contributed by atoms with Crippen LogP contribution in [-0.4, -0.2) is 52.1 Å². The fraction of sp³-hybridized carbons (Fsp3) is 0.667. The van der Waals surface area contributed by atoms with Gasteiger partial charge in [-0.05, 0) is 45.1 Å². The zero-order valence-electron chi connectivity index (χ0n) is 17.2. The molecule has 0 unspecified atom stereocenters. The molecule has 28 heavy (non-hydrogen) atoms. The minimum absolute atomic E-state index is 0. The number of nitrogens with zero attached hydrogens (tertiary/aromatic N) is 1. The number of nitrogens with one attached hydrogen (secondary N) is 2. The third kappa shape index (κ3) is 9.93. The van der Waals surface area contributed by atoms with Crippen LogP contribution in [0, 0.1) is 5.92 Å². The fourth-order valence-corrected chi connectivity index (χ4v) is 2.98. The van der Waals surface area contributed by atoms with Gasteiger partial charge < -0.3 is 24.8 Å². The van der Waals surface area contributed by atoms with E-state index in [0.717, 1.165) is 76.1 Å². The SMILES string of the molecule is CCNC(=NCc1ccccc1OCC)NCCCOCC1CCOCC1.I. The van der Waals surface area contributed by atoms with Gasteiger partial charge in [0.1, 0.15) is 5.75 Å². The van der Waals surface area contributed by atoms with Crippen molar-refractivity contribution in [1.29, 1.82) is 0 Å². The molecule has 0 bridgehead atoms. The molecule has 7 heteroatoms. The van der Waals surface area contributed by atoms with E-state index in [4.69, 9.17) is 14.2 Å². The van der Waals surface area contributed by atoms with Gasteiger partial charge >= 0.3 is 0 Å². The maximum Gasteiger partial charge on any atom is 0.191 e. The number of ether oxygens (including phenoxy) is 3. The van der Waals surface area contributed by atoms with Crippen LogP contribution in [0.25, 0.3) is 0 Å². The molecule has 2 N–H and O–H groups in total. The lowest BCUT2D eigenvalue weighted by Crippen LogP contribution is -2.38. The maximum absolute atomic E-state index is 5.81. The van der Waals surface area contributed by atoms with Gasteiger partial charge in [0.05, 0.1) is 13.2 Å². The second-order valence-corrected chi connectivity index (χ2v) is 6.65. The molecule has 0 aliphatic carbocycles. The number of halogens is 1. The second kappa shape index (κ2) is 15.8. The number of guanidine groups is 1. The molecule has 160 valence electrons. The Morgan fingerprint density at radius 1 is 1.18 bits per heavy atom. The summed E-state index contributed by atoms with van der Waals surface area (Å²) < 4.78 is 16.9. The van der Waals surface area contributed by atoms with Gasteiger partial charge in [-0.3, -0.25) is 0 Å². The van der Waals surface area contributed by atoms with Crippen LogP contribution in [0.2, 0.25) is 0 Å². The molecule has 1 aliphatic rings. The summed E-state index contributed by atoms with van der Waals surface area (Å²) in [6.45, 7) is 10.4. The van der Waals surface area contributed by atoms with Gasteiger partial charge in [0.2, 0.25) is 0 Å². The molecule has 1 heterocycles. The summed E-state index contributed by atoms with van der Waals surface area (Å²) in [5, 5.41) is 6.67. The first-order valence-electron chi connectivity index (χ1n) is 10.2. The van der Waals surface area contributed by atoms with E-state index in [1.165, 1.54) is 0 Å². The summed E-state index contributed by atoms with van der Waals surface area (Å²) in [6.07, 6.45) is 3.21.